The molecule has 8 rings (SSSR count). The molecule has 4 aliphatic rings. The number of likely N-dealkylation sites (N-methyl/N-ethyl adjacent to an activating group) is 2. The number of hydrogen-bond acceptors (Lipinski definition) is 29. The maximum Gasteiger partial charge on any atom is 0.322 e. The number of nitrogens with zero attached hydrogens (tertiary/aromatic N) is 6. The minimum atomic E-state index is -4.06. The number of esters is 2. The van der Waals surface area contributed by atoms with Crippen LogP contribution in [-0.2, 0) is 58.1 Å². The van der Waals surface area contributed by atoms with Crippen LogP contribution in [-0.4, -0.2) is 295 Å². The number of hydrogen-bond donors (Lipinski definition) is 14. The first-order valence-corrected chi connectivity index (χ1v) is 43.3. The quantitative estimate of drug-likeness (QED) is 0.0620. The van der Waals surface area contributed by atoms with Gasteiger partial charge >= 0.3 is 24.0 Å². The van der Waals surface area contributed by atoms with Gasteiger partial charge in [0, 0.05) is 60.6 Å². The third-order valence-corrected chi connectivity index (χ3v) is 26.2. The maximum atomic E-state index is 14.2. The Labute approximate surface area is 693 Å². The molecule has 4 fully saturated rings. The van der Waals surface area contributed by atoms with Gasteiger partial charge in [0.2, 0.25) is 0 Å². The van der Waals surface area contributed by atoms with Crippen LogP contribution in [0.15, 0.2) is 93.3 Å². The van der Waals surface area contributed by atoms with E-state index in [9.17, 15) is 87.1 Å². The number of anilines is 4. The molecule has 4 aromatic rings. The molecular weight excluding hydrogens is 1580 g/mol. The lowest BCUT2D eigenvalue weighted by atomic mass is 9.78. The second-order valence-electron chi connectivity index (χ2n) is 34.3. The van der Waals surface area contributed by atoms with E-state index >= 15 is 0 Å². The van der Waals surface area contributed by atoms with Gasteiger partial charge in [0.1, 0.15) is 59.4 Å². The minimum Gasteiger partial charge on any atom is -0.459 e. The molecule has 2 aromatic carbocycles. The number of aromatic nitrogens is 2. The number of aliphatic hydroxyl groups excluding tert-OH is 6. The highest BCUT2D eigenvalue weighted by Crippen LogP contribution is 2.41. The summed E-state index contributed by atoms with van der Waals surface area (Å²) in [6.07, 6.45) is -14.1. The minimum absolute atomic E-state index is 0.000701. The average Bonchev–Trinajstić information content (AvgIpc) is 1.75. The molecule has 666 valence electrons. The second-order valence-corrected chi connectivity index (χ2v) is 37.7. The molecule has 28 atom stereocenters. The van der Waals surface area contributed by atoms with Crippen LogP contribution in [0.1, 0.15) is 155 Å². The van der Waals surface area contributed by atoms with Crippen LogP contribution in [0.5, 0.6) is 0 Å². The van der Waals surface area contributed by atoms with E-state index in [0.717, 1.165) is 0 Å². The number of amides is 4. The zero-order valence-corrected chi connectivity index (χ0v) is 73.2. The molecular formula is C81H130N10O25S2. The van der Waals surface area contributed by atoms with Gasteiger partial charge in [-0.1, -0.05) is 52.8 Å². The van der Waals surface area contributed by atoms with Crippen LogP contribution >= 0.6 is 0 Å². The van der Waals surface area contributed by atoms with Crippen molar-refractivity contribution in [3.05, 3.63) is 84.8 Å². The van der Waals surface area contributed by atoms with Crippen molar-refractivity contribution in [3.8, 4) is 0 Å². The number of sulfonamides is 2. The molecule has 0 unspecified atom stereocenters. The van der Waals surface area contributed by atoms with Crippen LogP contribution in [0.25, 0.3) is 0 Å². The highest BCUT2D eigenvalue weighted by molar-refractivity contribution is 7.93. The van der Waals surface area contributed by atoms with Gasteiger partial charge in [-0.2, -0.15) is 0 Å². The summed E-state index contributed by atoms with van der Waals surface area (Å²) in [5, 5.41) is 127. The van der Waals surface area contributed by atoms with Crippen molar-refractivity contribution >= 4 is 67.1 Å². The van der Waals surface area contributed by atoms with Gasteiger partial charge in [0.05, 0.1) is 81.5 Å². The summed E-state index contributed by atoms with van der Waals surface area (Å²) in [7, 11) is -0.769. The number of benzene rings is 2. The summed E-state index contributed by atoms with van der Waals surface area (Å²) in [6, 6.07) is 12.6. The number of cyclic esters (lactones) is 2. The fourth-order valence-corrected chi connectivity index (χ4v) is 18.6. The summed E-state index contributed by atoms with van der Waals surface area (Å²) >= 11 is 0. The summed E-state index contributed by atoms with van der Waals surface area (Å²) in [5.74, 6) is -6.58. The number of nitrogens with one attached hydrogen (secondary N) is 4. The number of aryl methyl sites for hydroxylation is 1. The van der Waals surface area contributed by atoms with Crippen molar-refractivity contribution in [2.24, 2.45) is 35.5 Å². The van der Waals surface area contributed by atoms with Crippen molar-refractivity contribution < 1.29 is 120 Å². The molecule has 6 heterocycles. The lowest BCUT2D eigenvalue weighted by molar-refractivity contribution is -0.299. The van der Waals surface area contributed by atoms with Crippen LogP contribution in [0, 0.1) is 42.4 Å². The van der Waals surface area contributed by atoms with Gasteiger partial charge in [-0.3, -0.25) is 19.0 Å². The largest absolute Gasteiger partial charge is 0.459 e. The Bertz CT molecular complexity index is 4150. The van der Waals surface area contributed by atoms with Crippen molar-refractivity contribution in [2.75, 3.05) is 61.4 Å². The molecule has 0 bridgehead atoms. The van der Waals surface area contributed by atoms with Gasteiger partial charge in [-0.15, -0.1) is 0 Å². The number of urea groups is 2. The summed E-state index contributed by atoms with van der Waals surface area (Å²) < 4.78 is 98.2. The van der Waals surface area contributed by atoms with E-state index in [4.69, 9.17) is 32.9 Å². The van der Waals surface area contributed by atoms with Crippen LogP contribution in [0.2, 0.25) is 0 Å². The van der Waals surface area contributed by atoms with Gasteiger partial charge in [0.15, 0.2) is 18.4 Å². The summed E-state index contributed by atoms with van der Waals surface area (Å²) in [4.78, 5) is 65.8. The third-order valence-electron chi connectivity index (χ3n) is 23.5. The van der Waals surface area contributed by atoms with Crippen LogP contribution < -0.4 is 20.1 Å². The van der Waals surface area contributed by atoms with E-state index < -0.39 is 188 Å². The SMILES string of the molecule is CC[C@H]1OC(=O)[C@H](C)[C@@H](O)[C@H](C)[C@@H](O[C@@H]2O[C@H](C)C[C@H](N(C)C)[C@H]2O)[C@](C)(O)C[C@@H](C)CN(C(=O)Nc2ccc(S(=O)(=O)Nc3cc(C)on3)cc2)[C@H](C)[C@@H](O)[C@]1(C)O.CC[C@H]1OC(=O)[C@H](C)[C@@H](O)[C@H](C)[C@@H](O[C@@H]2O[C@H](C)C[C@H](N(C)C)[C@H]2O)[C@](C)(O)C[C@@H](C)CN(C(=O)Nc2ccc(S(=O)(=O)Nc3ccccn3)cc2)[C@H](C)[C@@H](O)[C@]1(C)O. The molecule has 4 aliphatic heterocycles. The van der Waals surface area contributed by atoms with E-state index in [1.165, 1.54) is 132 Å². The van der Waals surface area contributed by atoms with E-state index in [1.54, 1.807) is 60.6 Å². The van der Waals surface area contributed by atoms with Crippen molar-refractivity contribution in [1.29, 1.82) is 0 Å². The Hall–Kier alpha value is -6.86. The first kappa shape index (κ1) is 98.3. The lowest BCUT2D eigenvalue weighted by Gasteiger charge is -2.46. The normalized spacial score (nSPS) is 36.9. The Balaban J connectivity index is 0.000000326. The van der Waals surface area contributed by atoms with E-state index in [2.05, 4.69) is 30.2 Å². The smallest absolute Gasteiger partial charge is 0.322 e. The van der Waals surface area contributed by atoms with Crippen LogP contribution in [0.3, 0.4) is 0 Å². The number of carbonyl (C=O) groups is 4. The molecule has 2 aromatic heterocycles. The summed E-state index contributed by atoms with van der Waals surface area (Å²) in [6.45, 7) is 26.8. The lowest BCUT2D eigenvalue weighted by Crippen LogP contribution is -2.61. The highest BCUT2D eigenvalue weighted by Gasteiger charge is 2.54. The standard InChI is InChI=1S/C41H65N5O12S.C40H65N5O13S/c1-11-31-41(8,53)35(49)27(6)46(39(51)43-28-15-17-29(18-16-28)59(54,55)44-32-14-12-13-19-42-32)22-23(2)21-40(7,52)36(25(4)33(47)26(5)37(50)57-31)58-38-34(48)30(45(9)10)20-24(3)56-38;1-12-30-40(9,52)34(48)26(7)45(38(50)41-27-13-15-28(16-14-27)59(53,54)43-31-18-23(4)58-42-31)20-21(2)19-39(8,51)35(24(5)32(46)25(6)36(49)56-30)57-37-33(47)29(44(10)11)17-22(3)55-37/h12-19,23-27,30-31,33-36,38,47-49,52-53H,11,20-22H2,1-10H3,(H,42,44)(H,43,51);13-16,18,21-22,24-26,29-30,32-35,37,46-48,51-52H,12,17,19-20H2,1-11H3,(H,41,50)(H,42,43)/t23-,24-,25+,26-,27-,30+,31-,33+,34-,35-,36-,38+,40-,41-;21-,22-,24+,25-,26-,29+,30-,32+,33-,34-,35-,37+,39-,40-/m11/s1. The zero-order valence-electron chi connectivity index (χ0n) is 71.6. The Morgan fingerprint density at radius 3 is 1.24 bits per heavy atom. The molecule has 14 N–H and O–H groups in total. The van der Waals surface area contributed by atoms with Crippen LogP contribution in [0.4, 0.5) is 32.6 Å². The monoisotopic (exact) mass is 1710 g/mol. The number of ether oxygens (including phenoxy) is 6. The molecule has 37 heteroatoms. The molecule has 0 spiro atoms. The highest BCUT2D eigenvalue weighted by atomic mass is 32.2. The Morgan fingerprint density at radius 1 is 0.551 bits per heavy atom. The van der Waals surface area contributed by atoms with Gasteiger partial charge in [-0.25, -0.2) is 31.4 Å². The number of rotatable bonds is 16. The van der Waals surface area contributed by atoms with E-state index in [0.29, 0.717) is 18.6 Å². The van der Waals surface area contributed by atoms with E-state index in [1.807, 2.05) is 51.8 Å². The predicted octanol–water partition coefficient (Wildman–Crippen LogP) is 5.45. The molecule has 0 saturated carbocycles. The van der Waals surface area contributed by atoms with Gasteiger partial charge in [-0.05, 0) is 215 Å². The average molecular weight is 1710 g/mol. The van der Waals surface area contributed by atoms with E-state index in [-0.39, 0.29) is 95.9 Å². The first-order valence-electron chi connectivity index (χ1n) is 40.3. The molecule has 0 radical (unpaired) electrons. The summed E-state index contributed by atoms with van der Waals surface area (Å²) in [5.41, 5.74) is -7.31. The molecule has 4 saturated heterocycles. The van der Waals surface area contributed by atoms with Gasteiger partial charge in [0.25, 0.3) is 20.0 Å². The molecule has 35 nitrogen and oxygen atoms in total. The molecule has 4 amide bonds. The maximum absolute atomic E-state index is 14.2. The number of pyridine rings is 1. The predicted molar refractivity (Wildman–Crippen MR) is 436 cm³/mol. The number of carbonyl (C=O) groups excluding carboxylic acids is 4. The van der Waals surface area contributed by atoms with Crippen molar-refractivity contribution in [3.63, 3.8) is 0 Å². The molecule has 0 aliphatic carbocycles. The first-order chi connectivity index (χ1) is 54.7. The second kappa shape index (κ2) is 40.4. The fourth-order valence-electron chi connectivity index (χ4n) is 16.6. The number of aliphatic hydroxyl groups is 10. The zero-order chi connectivity index (χ0) is 88.6. The van der Waals surface area contributed by atoms with Gasteiger partial charge < -0.3 is 114 Å². The third kappa shape index (κ3) is 24.1. The molecule has 118 heavy (non-hydrogen) atoms. The Morgan fingerprint density at radius 2 is 0.915 bits per heavy atom. The Kier molecular flexibility index (Phi) is 33.7. The van der Waals surface area contributed by atoms with Crippen molar-refractivity contribution in [1.82, 2.24) is 29.7 Å². The topological polar surface area (TPSA) is 494 Å². The van der Waals surface area contributed by atoms with Crippen molar-refractivity contribution in [2.45, 2.75) is 298 Å². The fraction of sp³-hybridized carbons (Fsp3) is 0.704.